The molecule has 29 heavy (non-hydrogen) atoms. The smallest absolute Gasteiger partial charge is 0.239 e. The molecule has 1 saturated heterocycles. The highest BCUT2D eigenvalue weighted by Crippen LogP contribution is 2.19. The van der Waals surface area contributed by atoms with Gasteiger partial charge < -0.3 is 9.88 Å². The molecule has 1 amide bonds. The number of carbonyl (C=O) groups is 1. The SMILES string of the molecule is Cc1nccn1CC(=O)NCC1CCCN(Cc2ccnn2-c2ccccc2)C1. The standard InChI is InChI=1S/C22H28N6O/c1-18-23-11-13-27(18)17-22(29)24-14-19-6-5-12-26(15-19)16-21-9-10-25-28(21)20-7-3-2-4-8-20/h2-4,7-11,13,19H,5-6,12,14-17H2,1H3,(H,24,29). The van der Waals surface area contributed by atoms with Crippen LogP contribution in [0, 0.1) is 12.8 Å². The average Bonchev–Trinajstić information content (AvgIpc) is 3.36. The Hall–Kier alpha value is -2.93. The fraction of sp³-hybridized carbons (Fsp3) is 0.409. The van der Waals surface area contributed by atoms with Crippen molar-refractivity contribution >= 4 is 5.91 Å². The first-order valence-corrected chi connectivity index (χ1v) is 10.2. The van der Waals surface area contributed by atoms with Crippen molar-refractivity contribution in [2.24, 2.45) is 5.92 Å². The molecule has 0 radical (unpaired) electrons. The predicted octanol–water partition coefficient (Wildman–Crippen LogP) is 2.41. The third-order valence-electron chi connectivity index (χ3n) is 5.54. The van der Waals surface area contributed by atoms with Crippen LogP contribution < -0.4 is 5.32 Å². The second-order valence-electron chi connectivity index (χ2n) is 7.72. The Morgan fingerprint density at radius 3 is 2.86 bits per heavy atom. The summed E-state index contributed by atoms with van der Waals surface area (Å²) in [5, 5.41) is 7.60. The molecule has 1 aliphatic rings. The van der Waals surface area contributed by atoms with Gasteiger partial charge in [-0.15, -0.1) is 0 Å². The Kier molecular flexibility index (Phi) is 6.05. The molecule has 2 aromatic heterocycles. The molecular formula is C22H28N6O. The van der Waals surface area contributed by atoms with Gasteiger partial charge in [0.05, 0.1) is 11.4 Å². The number of piperidine rings is 1. The number of rotatable bonds is 7. The van der Waals surface area contributed by atoms with E-state index in [-0.39, 0.29) is 5.91 Å². The van der Waals surface area contributed by atoms with Crippen LogP contribution in [-0.4, -0.2) is 49.8 Å². The first-order chi connectivity index (χ1) is 14.2. The van der Waals surface area contributed by atoms with E-state index in [1.165, 1.54) is 5.69 Å². The number of hydrogen-bond donors (Lipinski definition) is 1. The van der Waals surface area contributed by atoms with Gasteiger partial charge in [-0.1, -0.05) is 18.2 Å². The van der Waals surface area contributed by atoms with E-state index in [9.17, 15) is 4.79 Å². The maximum Gasteiger partial charge on any atom is 0.239 e. The van der Waals surface area contributed by atoms with Crippen molar-refractivity contribution in [3.63, 3.8) is 0 Å². The van der Waals surface area contributed by atoms with E-state index < -0.39 is 0 Å². The maximum atomic E-state index is 12.3. The number of carbonyl (C=O) groups excluding carboxylic acids is 1. The van der Waals surface area contributed by atoms with Gasteiger partial charge in [-0.05, 0) is 50.4 Å². The van der Waals surface area contributed by atoms with Gasteiger partial charge in [0.1, 0.15) is 12.4 Å². The quantitative estimate of drug-likeness (QED) is 0.670. The third-order valence-corrected chi connectivity index (χ3v) is 5.54. The molecule has 4 rings (SSSR count). The molecule has 1 fully saturated rings. The maximum absolute atomic E-state index is 12.3. The predicted molar refractivity (Wildman–Crippen MR) is 112 cm³/mol. The molecule has 0 aliphatic carbocycles. The van der Waals surface area contributed by atoms with Gasteiger partial charge in [-0.3, -0.25) is 9.69 Å². The number of para-hydroxylation sites is 1. The molecule has 0 saturated carbocycles. The summed E-state index contributed by atoms with van der Waals surface area (Å²) in [6.45, 7) is 5.91. The van der Waals surface area contributed by atoms with Gasteiger partial charge in [0.15, 0.2) is 0 Å². The Labute approximate surface area is 171 Å². The Balaban J connectivity index is 1.30. The van der Waals surface area contributed by atoms with Crippen LogP contribution in [0.4, 0.5) is 0 Å². The van der Waals surface area contributed by atoms with Gasteiger partial charge >= 0.3 is 0 Å². The molecule has 0 spiro atoms. The summed E-state index contributed by atoms with van der Waals surface area (Å²) < 4.78 is 3.88. The highest BCUT2D eigenvalue weighted by atomic mass is 16.1. The normalized spacial score (nSPS) is 17.3. The highest BCUT2D eigenvalue weighted by Gasteiger charge is 2.21. The number of hydrogen-bond acceptors (Lipinski definition) is 4. The van der Waals surface area contributed by atoms with E-state index in [2.05, 4.69) is 38.5 Å². The topological polar surface area (TPSA) is 68.0 Å². The molecule has 1 aromatic carbocycles. The van der Waals surface area contributed by atoms with Crippen LogP contribution in [0.1, 0.15) is 24.4 Å². The highest BCUT2D eigenvalue weighted by molar-refractivity contribution is 5.75. The lowest BCUT2D eigenvalue weighted by Gasteiger charge is -2.32. The summed E-state index contributed by atoms with van der Waals surface area (Å²) in [7, 11) is 0. The van der Waals surface area contributed by atoms with Crippen LogP contribution in [0.3, 0.4) is 0 Å². The van der Waals surface area contributed by atoms with Crippen molar-refractivity contribution < 1.29 is 4.79 Å². The van der Waals surface area contributed by atoms with E-state index in [0.29, 0.717) is 12.5 Å². The zero-order valence-corrected chi connectivity index (χ0v) is 16.9. The molecule has 3 aromatic rings. The van der Waals surface area contributed by atoms with Gasteiger partial charge in [-0.25, -0.2) is 9.67 Å². The van der Waals surface area contributed by atoms with Crippen molar-refractivity contribution in [1.82, 2.24) is 29.5 Å². The van der Waals surface area contributed by atoms with E-state index in [0.717, 1.165) is 50.5 Å². The molecule has 7 heteroatoms. The number of benzene rings is 1. The van der Waals surface area contributed by atoms with Crippen LogP contribution in [0.25, 0.3) is 5.69 Å². The van der Waals surface area contributed by atoms with Crippen LogP contribution in [0.5, 0.6) is 0 Å². The summed E-state index contributed by atoms with van der Waals surface area (Å²) >= 11 is 0. The van der Waals surface area contributed by atoms with Crippen LogP contribution in [-0.2, 0) is 17.9 Å². The average molecular weight is 393 g/mol. The molecule has 152 valence electrons. The van der Waals surface area contributed by atoms with Crippen molar-refractivity contribution in [3.05, 3.63) is 66.5 Å². The number of aromatic nitrogens is 4. The van der Waals surface area contributed by atoms with Crippen LogP contribution >= 0.6 is 0 Å². The lowest BCUT2D eigenvalue weighted by atomic mass is 9.98. The minimum Gasteiger partial charge on any atom is -0.354 e. The van der Waals surface area contributed by atoms with E-state index >= 15 is 0 Å². The zero-order chi connectivity index (χ0) is 20.1. The number of likely N-dealkylation sites (tertiary alicyclic amines) is 1. The summed E-state index contributed by atoms with van der Waals surface area (Å²) in [5.74, 6) is 1.38. The number of nitrogens with one attached hydrogen (secondary N) is 1. The Bertz CT molecular complexity index is 932. The molecule has 0 bridgehead atoms. The summed E-state index contributed by atoms with van der Waals surface area (Å²) in [5.41, 5.74) is 2.28. The van der Waals surface area contributed by atoms with Gasteiger partial charge in [0.2, 0.25) is 5.91 Å². The lowest BCUT2D eigenvalue weighted by Crippen LogP contribution is -2.41. The van der Waals surface area contributed by atoms with Crippen molar-refractivity contribution in [3.8, 4) is 5.69 Å². The van der Waals surface area contributed by atoms with Crippen molar-refractivity contribution in [2.75, 3.05) is 19.6 Å². The minimum atomic E-state index is 0.0466. The number of imidazole rings is 1. The molecule has 1 unspecified atom stereocenters. The first-order valence-electron chi connectivity index (χ1n) is 10.2. The number of aryl methyl sites for hydroxylation is 1. The zero-order valence-electron chi connectivity index (χ0n) is 16.9. The van der Waals surface area contributed by atoms with Crippen LogP contribution in [0.2, 0.25) is 0 Å². The van der Waals surface area contributed by atoms with Gasteiger partial charge in [-0.2, -0.15) is 5.10 Å². The lowest BCUT2D eigenvalue weighted by molar-refractivity contribution is -0.122. The number of nitrogens with zero attached hydrogens (tertiary/aromatic N) is 5. The Morgan fingerprint density at radius 2 is 2.07 bits per heavy atom. The minimum absolute atomic E-state index is 0.0466. The van der Waals surface area contributed by atoms with Crippen LogP contribution in [0.15, 0.2) is 55.0 Å². The summed E-state index contributed by atoms with van der Waals surface area (Å²) in [6, 6.07) is 12.3. The molecule has 1 N–H and O–H groups in total. The third kappa shape index (κ3) is 4.92. The van der Waals surface area contributed by atoms with Gasteiger partial charge in [0.25, 0.3) is 0 Å². The van der Waals surface area contributed by atoms with E-state index in [1.54, 1.807) is 6.20 Å². The Morgan fingerprint density at radius 1 is 1.21 bits per heavy atom. The second-order valence-corrected chi connectivity index (χ2v) is 7.72. The monoisotopic (exact) mass is 392 g/mol. The molecule has 3 heterocycles. The largest absolute Gasteiger partial charge is 0.354 e. The molecular weight excluding hydrogens is 364 g/mol. The van der Waals surface area contributed by atoms with Gasteiger partial charge in [0, 0.05) is 38.2 Å². The van der Waals surface area contributed by atoms with E-state index in [4.69, 9.17) is 0 Å². The van der Waals surface area contributed by atoms with Crippen molar-refractivity contribution in [2.45, 2.75) is 32.9 Å². The van der Waals surface area contributed by atoms with Crippen molar-refractivity contribution in [1.29, 1.82) is 0 Å². The molecule has 1 aliphatic heterocycles. The van der Waals surface area contributed by atoms with E-state index in [1.807, 2.05) is 46.8 Å². The fourth-order valence-corrected chi connectivity index (χ4v) is 3.98. The second kappa shape index (κ2) is 9.05. The summed E-state index contributed by atoms with van der Waals surface area (Å²) in [6.07, 6.45) is 7.73. The number of amides is 1. The molecule has 7 nitrogen and oxygen atoms in total. The fourth-order valence-electron chi connectivity index (χ4n) is 3.98. The molecule has 1 atom stereocenters. The summed E-state index contributed by atoms with van der Waals surface area (Å²) in [4.78, 5) is 18.9. The first kappa shape index (κ1) is 19.4.